The lowest BCUT2D eigenvalue weighted by Gasteiger charge is -2.14. The second-order valence-electron chi connectivity index (χ2n) is 4.29. The highest BCUT2D eigenvalue weighted by atomic mass is 35.5. The highest BCUT2D eigenvalue weighted by Crippen LogP contribution is 2.27. The molecule has 0 saturated carbocycles. The first kappa shape index (κ1) is 16.1. The van der Waals surface area contributed by atoms with Crippen LogP contribution in [0.25, 0.3) is 5.69 Å². The summed E-state index contributed by atoms with van der Waals surface area (Å²) in [6.07, 6.45) is -5.68. The van der Waals surface area contributed by atoms with Crippen molar-refractivity contribution < 1.29 is 18.3 Å². The highest BCUT2D eigenvalue weighted by molar-refractivity contribution is 7.99. The van der Waals surface area contributed by atoms with Crippen molar-refractivity contribution in [1.82, 2.24) is 14.8 Å². The number of thioether (sulfide) groups is 1. The average molecular weight is 338 g/mol. The van der Waals surface area contributed by atoms with Crippen molar-refractivity contribution in [2.45, 2.75) is 24.4 Å². The molecule has 0 aliphatic carbocycles. The minimum Gasteiger partial charge on any atom is -0.383 e. The van der Waals surface area contributed by atoms with Crippen molar-refractivity contribution in [3.05, 3.63) is 35.1 Å². The molecule has 2 aromatic rings. The number of aryl methyl sites for hydroxylation is 1. The molecule has 2 rings (SSSR count). The zero-order valence-corrected chi connectivity index (χ0v) is 12.4. The van der Waals surface area contributed by atoms with Crippen LogP contribution >= 0.6 is 23.4 Å². The molecule has 1 heterocycles. The standard InChI is InChI=1S/C12H11ClF3N3OS/c1-7-2-3-8(4-9(7)13)19-6-17-18-11(19)21-5-10(20)12(14,15)16/h2-4,6,10,20H,5H2,1H3/t10-/m1/s1. The maximum absolute atomic E-state index is 12.3. The maximum Gasteiger partial charge on any atom is 0.415 e. The summed E-state index contributed by atoms with van der Waals surface area (Å²) in [6, 6.07) is 5.22. The molecule has 0 fully saturated rings. The van der Waals surface area contributed by atoms with Gasteiger partial charge in [0.2, 0.25) is 0 Å². The van der Waals surface area contributed by atoms with Crippen molar-refractivity contribution in [2.75, 3.05) is 5.75 Å². The van der Waals surface area contributed by atoms with Crippen molar-refractivity contribution in [2.24, 2.45) is 0 Å². The van der Waals surface area contributed by atoms with Crippen LogP contribution in [-0.4, -0.2) is 37.9 Å². The average Bonchev–Trinajstić information content (AvgIpc) is 2.86. The Hall–Kier alpha value is -1.25. The summed E-state index contributed by atoms with van der Waals surface area (Å²) < 4.78 is 38.3. The van der Waals surface area contributed by atoms with Crippen LogP contribution in [0.1, 0.15) is 5.56 Å². The van der Waals surface area contributed by atoms with Crippen LogP contribution in [0, 0.1) is 6.92 Å². The molecule has 0 unspecified atom stereocenters. The number of aliphatic hydroxyl groups excluding tert-OH is 1. The number of rotatable bonds is 4. The lowest BCUT2D eigenvalue weighted by atomic mass is 10.2. The Kier molecular flexibility index (Phi) is 4.80. The SMILES string of the molecule is Cc1ccc(-n2cnnc2SC[C@@H](O)C(F)(F)F)cc1Cl. The number of aliphatic hydroxyl groups is 1. The monoisotopic (exact) mass is 337 g/mol. The quantitative estimate of drug-likeness (QED) is 0.870. The van der Waals surface area contributed by atoms with Gasteiger partial charge in [-0.05, 0) is 24.6 Å². The molecule has 21 heavy (non-hydrogen) atoms. The zero-order chi connectivity index (χ0) is 15.6. The van der Waals surface area contributed by atoms with Gasteiger partial charge in [0.1, 0.15) is 6.33 Å². The van der Waals surface area contributed by atoms with Gasteiger partial charge in [0, 0.05) is 10.8 Å². The first-order valence-corrected chi connectivity index (χ1v) is 7.19. The molecule has 114 valence electrons. The fourth-order valence-corrected chi connectivity index (χ4v) is 2.55. The molecular formula is C12H11ClF3N3OS. The van der Waals surface area contributed by atoms with Gasteiger partial charge < -0.3 is 5.11 Å². The van der Waals surface area contributed by atoms with Crippen LogP contribution in [0.5, 0.6) is 0 Å². The van der Waals surface area contributed by atoms with E-state index in [9.17, 15) is 13.2 Å². The van der Waals surface area contributed by atoms with Crippen molar-refractivity contribution in [3.8, 4) is 5.69 Å². The van der Waals surface area contributed by atoms with Gasteiger partial charge in [0.25, 0.3) is 0 Å². The summed E-state index contributed by atoms with van der Waals surface area (Å²) >= 11 is 6.79. The molecule has 1 atom stereocenters. The van der Waals surface area contributed by atoms with Gasteiger partial charge in [-0.15, -0.1) is 10.2 Å². The summed E-state index contributed by atoms with van der Waals surface area (Å²) in [7, 11) is 0. The first-order chi connectivity index (χ1) is 9.79. The topological polar surface area (TPSA) is 50.9 Å². The van der Waals surface area contributed by atoms with Gasteiger partial charge >= 0.3 is 6.18 Å². The molecule has 0 aliphatic heterocycles. The summed E-state index contributed by atoms with van der Waals surface area (Å²) in [5.74, 6) is -0.554. The predicted octanol–water partition coefficient (Wildman–Crippen LogP) is 3.24. The third kappa shape index (κ3) is 3.90. The van der Waals surface area contributed by atoms with Crippen molar-refractivity contribution in [1.29, 1.82) is 0 Å². The minimum absolute atomic E-state index is 0.248. The molecule has 1 N–H and O–H groups in total. The van der Waals surface area contributed by atoms with Gasteiger partial charge in [-0.25, -0.2) is 0 Å². The molecule has 0 saturated heterocycles. The number of halogens is 4. The first-order valence-electron chi connectivity index (χ1n) is 5.83. The number of aromatic nitrogens is 3. The Morgan fingerprint density at radius 2 is 2.14 bits per heavy atom. The van der Waals surface area contributed by atoms with E-state index in [-0.39, 0.29) is 5.16 Å². The van der Waals surface area contributed by atoms with Crippen LogP contribution in [0.2, 0.25) is 5.02 Å². The maximum atomic E-state index is 12.3. The van der Waals surface area contributed by atoms with E-state index in [2.05, 4.69) is 10.2 Å². The Bertz CT molecular complexity index is 632. The normalized spacial score (nSPS) is 13.4. The van der Waals surface area contributed by atoms with Crippen LogP contribution in [0.4, 0.5) is 13.2 Å². The lowest BCUT2D eigenvalue weighted by Crippen LogP contribution is -2.30. The molecule has 0 spiro atoms. The van der Waals surface area contributed by atoms with E-state index in [0.29, 0.717) is 10.7 Å². The molecule has 0 aliphatic rings. The molecule has 1 aromatic heterocycles. The molecule has 0 bridgehead atoms. The Labute approximate surface area is 127 Å². The molecule has 0 radical (unpaired) electrons. The number of alkyl halides is 3. The van der Waals surface area contributed by atoms with Crippen LogP contribution in [0.3, 0.4) is 0 Å². The number of benzene rings is 1. The lowest BCUT2D eigenvalue weighted by molar-refractivity contribution is -0.195. The number of hydrogen-bond acceptors (Lipinski definition) is 4. The summed E-state index contributed by atoms with van der Waals surface area (Å²) in [5.41, 5.74) is 1.52. The van der Waals surface area contributed by atoms with E-state index >= 15 is 0 Å². The Morgan fingerprint density at radius 1 is 1.43 bits per heavy atom. The molecule has 9 heteroatoms. The van der Waals surface area contributed by atoms with Gasteiger partial charge in [-0.2, -0.15) is 13.2 Å². The Morgan fingerprint density at radius 3 is 2.76 bits per heavy atom. The van der Waals surface area contributed by atoms with Crippen molar-refractivity contribution >= 4 is 23.4 Å². The van der Waals surface area contributed by atoms with Gasteiger partial charge in [-0.1, -0.05) is 29.4 Å². The van der Waals surface area contributed by atoms with E-state index in [1.807, 2.05) is 6.92 Å². The fraction of sp³-hybridized carbons (Fsp3) is 0.333. The smallest absolute Gasteiger partial charge is 0.383 e. The van der Waals surface area contributed by atoms with Crippen LogP contribution in [0.15, 0.2) is 29.7 Å². The van der Waals surface area contributed by atoms with Crippen molar-refractivity contribution in [3.63, 3.8) is 0 Å². The van der Waals surface area contributed by atoms with Gasteiger partial charge in [0.15, 0.2) is 11.3 Å². The largest absolute Gasteiger partial charge is 0.415 e. The number of nitrogens with zero attached hydrogens (tertiary/aromatic N) is 3. The zero-order valence-electron chi connectivity index (χ0n) is 10.8. The molecule has 4 nitrogen and oxygen atoms in total. The summed E-state index contributed by atoms with van der Waals surface area (Å²) in [6.45, 7) is 1.84. The van der Waals surface area contributed by atoms with Crippen LogP contribution < -0.4 is 0 Å². The number of hydrogen-bond donors (Lipinski definition) is 1. The second kappa shape index (κ2) is 6.25. The molecule has 1 aromatic carbocycles. The molecular weight excluding hydrogens is 327 g/mol. The van der Waals surface area contributed by atoms with Gasteiger partial charge in [0.05, 0.1) is 5.69 Å². The van der Waals surface area contributed by atoms with Crippen LogP contribution in [-0.2, 0) is 0 Å². The molecule has 0 amide bonds. The summed E-state index contributed by atoms with van der Waals surface area (Å²) in [4.78, 5) is 0. The minimum atomic E-state index is -4.65. The van der Waals surface area contributed by atoms with E-state index in [1.54, 1.807) is 18.2 Å². The third-order valence-corrected chi connectivity index (χ3v) is 4.12. The summed E-state index contributed by atoms with van der Waals surface area (Å²) in [5, 5.41) is 17.2. The predicted molar refractivity (Wildman–Crippen MR) is 73.9 cm³/mol. The van der Waals surface area contributed by atoms with Gasteiger partial charge in [-0.3, -0.25) is 4.57 Å². The van der Waals surface area contributed by atoms with E-state index < -0.39 is 18.0 Å². The second-order valence-corrected chi connectivity index (χ2v) is 5.68. The van der Waals surface area contributed by atoms with E-state index in [1.165, 1.54) is 10.9 Å². The third-order valence-electron chi connectivity index (χ3n) is 2.70. The van der Waals surface area contributed by atoms with E-state index in [0.717, 1.165) is 17.3 Å². The fourth-order valence-electron chi connectivity index (χ4n) is 1.48. The highest BCUT2D eigenvalue weighted by Gasteiger charge is 2.38. The Balaban J connectivity index is 2.17. The van der Waals surface area contributed by atoms with E-state index in [4.69, 9.17) is 16.7 Å².